The van der Waals surface area contributed by atoms with Crippen LogP contribution in [0.2, 0.25) is 0 Å². The van der Waals surface area contributed by atoms with Crippen molar-refractivity contribution in [3.8, 4) is 0 Å². The van der Waals surface area contributed by atoms with Crippen molar-refractivity contribution in [3.05, 3.63) is 8.47 Å². The lowest BCUT2D eigenvalue weighted by Crippen LogP contribution is -2.04. The predicted octanol–water partition coefficient (Wildman–Crippen LogP) is 4.62. The van der Waals surface area contributed by atoms with Crippen molar-refractivity contribution in [2.45, 2.75) is 18.2 Å². The average Bonchev–Trinajstić information content (AvgIpc) is 2.74. The van der Waals surface area contributed by atoms with Crippen molar-refractivity contribution in [2.24, 2.45) is 0 Å². The van der Waals surface area contributed by atoms with Crippen molar-refractivity contribution < 1.29 is 13.6 Å². The molecule has 0 aromatic rings. The summed E-state index contributed by atoms with van der Waals surface area (Å²) in [5.41, 5.74) is 0. The third kappa shape index (κ3) is 3.44. The first-order valence-corrected chi connectivity index (χ1v) is 10.8. The Morgan fingerprint density at radius 2 is 1.59 bits per heavy atom. The number of hydrogen-bond donors (Lipinski definition) is 0. The Kier molecular flexibility index (Phi) is 5.74. The van der Waals surface area contributed by atoms with E-state index in [0.29, 0.717) is 13.2 Å². The molecule has 8 heteroatoms. The summed E-state index contributed by atoms with van der Waals surface area (Å²) in [6.45, 7) is 4.57. The highest BCUT2D eigenvalue weighted by molar-refractivity contribution is 8.41. The third-order valence-corrected chi connectivity index (χ3v) is 11.6. The SMILES string of the molecule is CCOP(=O)(OCC)C1SC2=C(SCCS2)S1. The van der Waals surface area contributed by atoms with E-state index in [1.54, 1.807) is 23.5 Å². The van der Waals surface area contributed by atoms with Crippen LogP contribution in [0.15, 0.2) is 8.47 Å². The fraction of sp³-hybridized carbons (Fsp3) is 0.778. The molecule has 0 aliphatic carbocycles. The van der Waals surface area contributed by atoms with Crippen LogP contribution in [-0.4, -0.2) is 29.0 Å². The maximum absolute atomic E-state index is 12.6. The van der Waals surface area contributed by atoms with Crippen molar-refractivity contribution in [1.29, 1.82) is 0 Å². The number of rotatable bonds is 5. The molecule has 2 aliphatic rings. The quantitative estimate of drug-likeness (QED) is 0.680. The molecule has 2 heterocycles. The van der Waals surface area contributed by atoms with Crippen molar-refractivity contribution in [1.82, 2.24) is 0 Å². The van der Waals surface area contributed by atoms with Crippen LogP contribution in [0.4, 0.5) is 0 Å². The molecule has 0 radical (unpaired) electrons. The van der Waals surface area contributed by atoms with Crippen molar-refractivity contribution in [2.75, 3.05) is 24.7 Å². The maximum atomic E-state index is 12.6. The Balaban J connectivity index is 2.06. The molecule has 0 aromatic heterocycles. The first-order chi connectivity index (χ1) is 8.19. The van der Waals surface area contributed by atoms with E-state index in [4.69, 9.17) is 9.05 Å². The van der Waals surface area contributed by atoms with Gasteiger partial charge in [0.2, 0.25) is 0 Å². The Morgan fingerprint density at radius 1 is 1.12 bits per heavy atom. The molecule has 0 bridgehead atoms. The van der Waals surface area contributed by atoms with Gasteiger partial charge in [-0.25, -0.2) is 0 Å². The predicted molar refractivity (Wildman–Crippen MR) is 81.8 cm³/mol. The lowest BCUT2D eigenvalue weighted by Gasteiger charge is -2.21. The summed E-state index contributed by atoms with van der Waals surface area (Å²) in [6, 6.07) is 0. The van der Waals surface area contributed by atoms with Gasteiger partial charge < -0.3 is 9.05 Å². The first-order valence-electron chi connectivity index (χ1n) is 5.41. The zero-order chi connectivity index (χ0) is 12.3. The lowest BCUT2D eigenvalue weighted by atomic mass is 10.9. The van der Waals surface area contributed by atoms with E-state index in [2.05, 4.69) is 0 Å². The maximum Gasteiger partial charge on any atom is 0.354 e. The molecule has 0 saturated carbocycles. The van der Waals surface area contributed by atoms with Gasteiger partial charge in [-0.3, -0.25) is 4.57 Å². The molecular formula is C9H15O3PS4. The van der Waals surface area contributed by atoms with Gasteiger partial charge >= 0.3 is 7.60 Å². The van der Waals surface area contributed by atoms with Gasteiger partial charge in [-0.1, -0.05) is 23.5 Å². The number of thioether (sulfide) groups is 4. The van der Waals surface area contributed by atoms with Crippen LogP contribution in [0.3, 0.4) is 0 Å². The summed E-state index contributed by atoms with van der Waals surface area (Å²) in [5.74, 6) is 2.27. The van der Waals surface area contributed by atoms with Crippen LogP contribution < -0.4 is 0 Å². The Morgan fingerprint density at radius 3 is 2.00 bits per heavy atom. The van der Waals surface area contributed by atoms with Gasteiger partial charge in [-0.05, 0) is 13.8 Å². The zero-order valence-electron chi connectivity index (χ0n) is 9.71. The minimum absolute atomic E-state index is 0.120. The summed E-state index contributed by atoms with van der Waals surface area (Å²) in [7, 11) is -2.98. The van der Waals surface area contributed by atoms with Gasteiger partial charge in [0.25, 0.3) is 0 Å². The van der Waals surface area contributed by atoms with Gasteiger partial charge in [0.1, 0.15) is 0 Å². The Bertz CT molecular complexity index is 332. The molecular weight excluding hydrogens is 315 g/mol. The van der Waals surface area contributed by atoms with Crippen LogP contribution in [0.1, 0.15) is 13.8 Å². The minimum Gasteiger partial charge on any atom is -0.307 e. The first kappa shape index (κ1) is 14.7. The molecule has 0 N–H and O–H groups in total. The van der Waals surface area contributed by atoms with Gasteiger partial charge in [-0.15, -0.1) is 23.5 Å². The molecule has 2 rings (SSSR count). The Hall–Kier alpha value is 1.29. The summed E-state index contributed by atoms with van der Waals surface area (Å²) >= 11 is 7.02. The van der Waals surface area contributed by atoms with Crippen LogP contribution in [-0.2, 0) is 13.6 Å². The molecule has 2 aliphatic heterocycles. The Labute approximate surface area is 119 Å². The molecule has 0 unspecified atom stereocenters. The second kappa shape index (κ2) is 6.64. The van der Waals surface area contributed by atoms with E-state index in [9.17, 15) is 4.57 Å². The van der Waals surface area contributed by atoms with Crippen LogP contribution in [0.25, 0.3) is 0 Å². The minimum atomic E-state index is -2.98. The normalized spacial score (nSPS) is 22.0. The summed E-state index contributed by atoms with van der Waals surface area (Å²) in [6.07, 6.45) is 0. The van der Waals surface area contributed by atoms with E-state index in [1.165, 1.54) is 8.47 Å². The monoisotopic (exact) mass is 330 g/mol. The second-order valence-corrected chi connectivity index (χ2v) is 11.3. The summed E-state index contributed by atoms with van der Waals surface area (Å²) < 4.78 is 25.9. The van der Waals surface area contributed by atoms with Gasteiger partial charge in [0.05, 0.1) is 21.7 Å². The lowest BCUT2D eigenvalue weighted by molar-refractivity contribution is 0.223. The van der Waals surface area contributed by atoms with Crippen molar-refractivity contribution in [3.63, 3.8) is 0 Å². The summed E-state index contributed by atoms with van der Waals surface area (Å²) in [4.78, 5) is 0. The summed E-state index contributed by atoms with van der Waals surface area (Å²) in [5, 5.41) is 0. The average molecular weight is 330 g/mol. The van der Waals surface area contributed by atoms with E-state index < -0.39 is 7.60 Å². The molecule has 0 saturated heterocycles. The smallest absolute Gasteiger partial charge is 0.307 e. The number of hydrogen-bond acceptors (Lipinski definition) is 7. The fourth-order valence-electron chi connectivity index (χ4n) is 1.41. The standard InChI is InChI=1S/C9H15O3PS4/c1-3-11-13(10,12-4-2)9-16-7-8(17-9)15-6-5-14-7/h9H,3-6H2,1-2H3. The van der Waals surface area contributed by atoms with Crippen LogP contribution in [0, 0.1) is 0 Å². The van der Waals surface area contributed by atoms with Gasteiger partial charge in [0.15, 0.2) is 4.32 Å². The second-order valence-electron chi connectivity index (χ2n) is 3.19. The van der Waals surface area contributed by atoms with E-state index in [1.807, 2.05) is 37.4 Å². The van der Waals surface area contributed by atoms with E-state index >= 15 is 0 Å². The molecule has 98 valence electrons. The molecule has 0 spiro atoms. The van der Waals surface area contributed by atoms with Gasteiger partial charge in [0, 0.05) is 11.5 Å². The van der Waals surface area contributed by atoms with Crippen molar-refractivity contribution >= 4 is 54.6 Å². The van der Waals surface area contributed by atoms with Gasteiger partial charge in [-0.2, -0.15) is 0 Å². The molecule has 17 heavy (non-hydrogen) atoms. The molecule has 0 amide bonds. The molecule has 0 aromatic carbocycles. The highest BCUT2D eigenvalue weighted by Crippen LogP contribution is 2.70. The zero-order valence-corrected chi connectivity index (χ0v) is 13.9. The highest BCUT2D eigenvalue weighted by Gasteiger charge is 2.43. The fourth-order valence-corrected chi connectivity index (χ4v) is 11.1. The largest absolute Gasteiger partial charge is 0.354 e. The van der Waals surface area contributed by atoms with E-state index in [0.717, 1.165) is 11.5 Å². The van der Waals surface area contributed by atoms with Crippen LogP contribution >= 0.6 is 54.6 Å². The molecule has 3 nitrogen and oxygen atoms in total. The molecule has 0 fully saturated rings. The van der Waals surface area contributed by atoms with E-state index in [-0.39, 0.29) is 4.32 Å². The highest BCUT2D eigenvalue weighted by atomic mass is 32.3. The van der Waals surface area contributed by atoms with Crippen LogP contribution in [0.5, 0.6) is 0 Å². The third-order valence-electron chi connectivity index (χ3n) is 2.01. The molecule has 0 atom stereocenters. The topological polar surface area (TPSA) is 35.5 Å².